The lowest BCUT2D eigenvalue weighted by Gasteiger charge is -2.08. The zero-order chi connectivity index (χ0) is 16.4. The van der Waals surface area contributed by atoms with Crippen LogP contribution in [0, 0.1) is 0 Å². The van der Waals surface area contributed by atoms with E-state index in [1.54, 1.807) is 6.20 Å². The minimum Gasteiger partial charge on any atom is -0.457 e. The van der Waals surface area contributed by atoms with E-state index in [1.807, 2.05) is 71.4 Å². The molecule has 0 saturated carbocycles. The molecule has 0 aliphatic carbocycles. The quantitative estimate of drug-likeness (QED) is 0.623. The van der Waals surface area contributed by atoms with Gasteiger partial charge in [-0.1, -0.05) is 18.2 Å². The molecule has 0 unspecified atom stereocenters. The largest absolute Gasteiger partial charge is 0.457 e. The fourth-order valence-corrected chi connectivity index (χ4v) is 2.54. The number of hydrogen-bond acceptors (Lipinski definition) is 4. The first-order chi connectivity index (χ1) is 11.8. The molecule has 24 heavy (non-hydrogen) atoms. The molecule has 118 valence electrons. The molecule has 0 saturated heterocycles. The van der Waals surface area contributed by atoms with Gasteiger partial charge in [0.1, 0.15) is 23.8 Å². The third kappa shape index (κ3) is 2.73. The highest BCUT2D eigenvalue weighted by Crippen LogP contribution is 2.24. The van der Waals surface area contributed by atoms with Crippen LogP contribution >= 0.6 is 0 Å². The lowest BCUT2D eigenvalue weighted by Crippen LogP contribution is -1.98. The lowest BCUT2D eigenvalue weighted by atomic mass is 10.3. The van der Waals surface area contributed by atoms with Crippen molar-refractivity contribution in [1.82, 2.24) is 14.5 Å². The molecule has 4 aromatic rings. The maximum absolute atomic E-state index is 9.22. The minimum atomic E-state index is -0.176. The van der Waals surface area contributed by atoms with Crippen LogP contribution in [-0.4, -0.2) is 19.6 Å². The highest BCUT2D eigenvalue weighted by Gasteiger charge is 2.07. The lowest BCUT2D eigenvalue weighted by molar-refractivity contribution is 0.271. The number of nitrogens with zero attached hydrogens (tertiary/aromatic N) is 3. The van der Waals surface area contributed by atoms with Crippen LogP contribution in [0.4, 0.5) is 0 Å². The van der Waals surface area contributed by atoms with Crippen molar-refractivity contribution in [2.24, 2.45) is 0 Å². The average molecular weight is 317 g/mol. The average Bonchev–Trinajstić information content (AvgIpc) is 3.06. The Labute approximate surface area is 138 Å². The first kappa shape index (κ1) is 14.4. The first-order valence-electron chi connectivity index (χ1n) is 7.61. The van der Waals surface area contributed by atoms with Crippen LogP contribution in [0.5, 0.6) is 11.5 Å². The molecule has 0 amide bonds. The van der Waals surface area contributed by atoms with Gasteiger partial charge in [-0.15, -0.1) is 0 Å². The van der Waals surface area contributed by atoms with E-state index in [2.05, 4.69) is 9.97 Å². The minimum absolute atomic E-state index is 0.176. The van der Waals surface area contributed by atoms with Crippen LogP contribution in [0.15, 0.2) is 73.1 Å². The van der Waals surface area contributed by atoms with Gasteiger partial charge in [-0.05, 0) is 42.5 Å². The molecular formula is C19H15N3O2. The second kappa shape index (κ2) is 6.14. The van der Waals surface area contributed by atoms with Gasteiger partial charge in [0.05, 0.1) is 0 Å². The summed E-state index contributed by atoms with van der Waals surface area (Å²) in [5.74, 6) is 1.98. The smallest absolute Gasteiger partial charge is 0.156 e. The maximum Gasteiger partial charge on any atom is 0.156 e. The number of para-hydroxylation sites is 1. The Balaban J connectivity index is 1.65. The molecule has 0 aliphatic rings. The third-order valence-electron chi connectivity index (χ3n) is 3.71. The summed E-state index contributed by atoms with van der Waals surface area (Å²) in [6.45, 7) is -0.176. The van der Waals surface area contributed by atoms with Crippen LogP contribution in [0.2, 0.25) is 0 Å². The fourth-order valence-electron chi connectivity index (χ4n) is 2.54. The van der Waals surface area contributed by atoms with Gasteiger partial charge in [-0.3, -0.25) is 0 Å². The number of hydrogen-bond donors (Lipinski definition) is 1. The maximum atomic E-state index is 9.22. The number of benzene rings is 2. The Morgan fingerprint density at radius 1 is 0.917 bits per heavy atom. The first-order valence-corrected chi connectivity index (χ1v) is 7.61. The van der Waals surface area contributed by atoms with Gasteiger partial charge in [0, 0.05) is 23.5 Å². The van der Waals surface area contributed by atoms with Gasteiger partial charge < -0.3 is 14.4 Å². The van der Waals surface area contributed by atoms with Gasteiger partial charge in [-0.25, -0.2) is 9.97 Å². The summed E-state index contributed by atoms with van der Waals surface area (Å²) in [7, 11) is 0. The summed E-state index contributed by atoms with van der Waals surface area (Å²) in [6.07, 6.45) is 3.66. The number of fused-ring (bicyclic) bond motifs is 1. The molecule has 2 aromatic heterocycles. The van der Waals surface area contributed by atoms with E-state index in [9.17, 15) is 5.11 Å². The van der Waals surface area contributed by atoms with Gasteiger partial charge in [0.2, 0.25) is 0 Å². The summed E-state index contributed by atoms with van der Waals surface area (Å²) in [6, 6.07) is 19.4. The van der Waals surface area contributed by atoms with Gasteiger partial charge in [0.25, 0.3) is 0 Å². The normalized spacial score (nSPS) is 10.9. The van der Waals surface area contributed by atoms with Crippen molar-refractivity contribution in [2.45, 2.75) is 6.61 Å². The number of aliphatic hydroxyl groups is 1. The monoisotopic (exact) mass is 317 g/mol. The Bertz CT molecular complexity index is 963. The standard InChI is InChI=1S/C19H15N3O2/c23-13-18-20-12-14-10-11-22(19(14)21-18)15-6-8-17(9-7-15)24-16-4-2-1-3-5-16/h1-12,23H,13H2. The summed E-state index contributed by atoms with van der Waals surface area (Å²) >= 11 is 0. The molecule has 4 rings (SSSR count). The molecule has 0 aliphatic heterocycles. The number of aliphatic hydroxyl groups excluding tert-OH is 1. The number of aromatic nitrogens is 3. The van der Waals surface area contributed by atoms with E-state index < -0.39 is 0 Å². The third-order valence-corrected chi connectivity index (χ3v) is 3.71. The second-order valence-electron chi connectivity index (χ2n) is 5.32. The van der Waals surface area contributed by atoms with Crippen molar-refractivity contribution < 1.29 is 9.84 Å². The van der Waals surface area contributed by atoms with E-state index in [-0.39, 0.29) is 6.61 Å². The highest BCUT2D eigenvalue weighted by atomic mass is 16.5. The molecule has 5 heteroatoms. The molecule has 0 atom stereocenters. The molecule has 2 heterocycles. The molecule has 0 bridgehead atoms. The zero-order valence-electron chi connectivity index (χ0n) is 12.8. The molecule has 0 radical (unpaired) electrons. The van der Waals surface area contributed by atoms with Crippen LogP contribution in [-0.2, 0) is 6.61 Å². The van der Waals surface area contributed by atoms with Crippen molar-refractivity contribution in [3.63, 3.8) is 0 Å². The van der Waals surface area contributed by atoms with Crippen LogP contribution < -0.4 is 4.74 Å². The van der Waals surface area contributed by atoms with E-state index in [0.717, 1.165) is 28.2 Å². The molecule has 5 nitrogen and oxygen atoms in total. The number of rotatable bonds is 4. The Morgan fingerprint density at radius 3 is 2.42 bits per heavy atom. The van der Waals surface area contributed by atoms with Gasteiger partial charge >= 0.3 is 0 Å². The molecule has 0 fully saturated rings. The van der Waals surface area contributed by atoms with Gasteiger partial charge in [-0.2, -0.15) is 0 Å². The summed E-state index contributed by atoms with van der Waals surface area (Å²) < 4.78 is 7.77. The zero-order valence-corrected chi connectivity index (χ0v) is 12.8. The topological polar surface area (TPSA) is 60.2 Å². The molecule has 0 spiro atoms. The van der Waals surface area contributed by atoms with Crippen molar-refractivity contribution in [3.8, 4) is 17.2 Å². The van der Waals surface area contributed by atoms with Crippen molar-refractivity contribution in [1.29, 1.82) is 0 Å². The van der Waals surface area contributed by atoms with Crippen molar-refractivity contribution in [2.75, 3.05) is 0 Å². The van der Waals surface area contributed by atoms with E-state index >= 15 is 0 Å². The fraction of sp³-hybridized carbons (Fsp3) is 0.0526. The van der Waals surface area contributed by atoms with Crippen molar-refractivity contribution in [3.05, 3.63) is 78.9 Å². The summed E-state index contributed by atoms with van der Waals surface area (Å²) in [4.78, 5) is 8.49. The Morgan fingerprint density at radius 2 is 1.67 bits per heavy atom. The summed E-state index contributed by atoms with van der Waals surface area (Å²) in [5, 5.41) is 10.1. The van der Waals surface area contributed by atoms with Crippen LogP contribution in [0.3, 0.4) is 0 Å². The molecular weight excluding hydrogens is 302 g/mol. The Hall–Kier alpha value is -3.18. The second-order valence-corrected chi connectivity index (χ2v) is 5.32. The predicted octanol–water partition coefficient (Wildman–Crippen LogP) is 3.71. The molecule has 2 aromatic carbocycles. The van der Waals surface area contributed by atoms with E-state index in [4.69, 9.17) is 4.74 Å². The highest BCUT2D eigenvalue weighted by molar-refractivity contribution is 5.77. The van der Waals surface area contributed by atoms with E-state index in [1.165, 1.54) is 0 Å². The van der Waals surface area contributed by atoms with E-state index in [0.29, 0.717) is 5.82 Å². The summed E-state index contributed by atoms with van der Waals surface area (Å²) in [5.41, 5.74) is 1.73. The van der Waals surface area contributed by atoms with Crippen LogP contribution in [0.1, 0.15) is 5.82 Å². The predicted molar refractivity (Wildman–Crippen MR) is 91.3 cm³/mol. The Kier molecular flexibility index (Phi) is 3.69. The van der Waals surface area contributed by atoms with Crippen molar-refractivity contribution >= 4 is 11.0 Å². The van der Waals surface area contributed by atoms with Crippen LogP contribution in [0.25, 0.3) is 16.7 Å². The SMILES string of the molecule is OCc1ncc2ccn(-c3ccc(Oc4ccccc4)cc3)c2n1. The number of ether oxygens (including phenoxy) is 1. The molecule has 1 N–H and O–H groups in total. The van der Waals surface area contributed by atoms with Gasteiger partial charge in [0.15, 0.2) is 5.82 Å².